The van der Waals surface area contributed by atoms with Crippen molar-refractivity contribution in [2.75, 3.05) is 0 Å². The van der Waals surface area contributed by atoms with Gasteiger partial charge in [0.05, 0.1) is 0 Å². The largest absolute Gasteiger partial charge is 0.0651 e. The van der Waals surface area contributed by atoms with E-state index in [1.807, 2.05) is 0 Å². The minimum atomic E-state index is 1.14. The van der Waals surface area contributed by atoms with Crippen LogP contribution in [0, 0.1) is 27.7 Å². The highest BCUT2D eigenvalue weighted by molar-refractivity contribution is 5.67. The molecule has 2 aliphatic rings. The van der Waals surface area contributed by atoms with E-state index in [9.17, 15) is 0 Å². The summed E-state index contributed by atoms with van der Waals surface area (Å²) in [5.41, 5.74) is 30.5. The fourth-order valence-corrected chi connectivity index (χ4v) is 9.43. The van der Waals surface area contributed by atoms with Crippen LogP contribution in [0.2, 0.25) is 0 Å². The van der Waals surface area contributed by atoms with Gasteiger partial charge in [0.25, 0.3) is 0 Å². The van der Waals surface area contributed by atoms with E-state index in [-0.39, 0.29) is 0 Å². The normalized spacial score (nSPS) is 13.5. The number of hydrogen-bond donors (Lipinski definition) is 0. The molecule has 0 atom stereocenters. The van der Waals surface area contributed by atoms with Crippen LogP contribution in [0.15, 0.2) is 0 Å². The second-order valence-electron chi connectivity index (χ2n) is 14.4. The second kappa shape index (κ2) is 14.0. The zero-order valence-electron chi connectivity index (χ0n) is 30.3. The van der Waals surface area contributed by atoms with Crippen LogP contribution in [-0.2, 0) is 64.2 Å². The molecule has 44 heavy (non-hydrogen) atoms. The standard InChI is InChI=1S/C44H62/c1-11-17-31-32(18-12-2)34(20-14-4)42-26-44-36(22-16-6)40-24-38-30(10)28(8)27(7)29(9)37(38)23-39(40)35(21-15-5)43(44)25-41(42)33(31)19-13-3/h11-26H2,1-10H3. The summed E-state index contributed by atoms with van der Waals surface area (Å²) >= 11 is 0. The lowest BCUT2D eigenvalue weighted by molar-refractivity contribution is 0.758. The Labute approximate surface area is 271 Å². The van der Waals surface area contributed by atoms with Crippen molar-refractivity contribution in [2.45, 2.75) is 172 Å². The van der Waals surface area contributed by atoms with Crippen molar-refractivity contribution in [3.8, 4) is 0 Å². The van der Waals surface area contributed by atoms with Gasteiger partial charge in [0.15, 0.2) is 0 Å². The molecule has 0 bridgehead atoms. The summed E-state index contributed by atoms with van der Waals surface area (Å²) in [7, 11) is 0. The topological polar surface area (TPSA) is 0 Å². The predicted octanol–water partition coefficient (Wildman–Crippen LogP) is 11.6. The van der Waals surface area contributed by atoms with E-state index in [1.165, 1.54) is 101 Å². The van der Waals surface area contributed by atoms with E-state index in [0.717, 1.165) is 12.8 Å². The van der Waals surface area contributed by atoms with Crippen molar-refractivity contribution in [1.29, 1.82) is 0 Å². The van der Waals surface area contributed by atoms with E-state index >= 15 is 0 Å². The number of benzene rings is 3. The Balaban J connectivity index is 1.82. The van der Waals surface area contributed by atoms with Crippen LogP contribution in [0.3, 0.4) is 0 Å². The smallest absolute Gasteiger partial charge is 0.00142 e. The molecule has 0 unspecified atom stereocenters. The SMILES string of the molecule is CCCc1c(CCC)c(CCC)c2c(c1CCC)Cc1c(CCC)c3c(c(CCC)c1C2)Cc1c(C)c(C)c(C)c(C)c1C3. The Morgan fingerprint density at radius 1 is 0.273 bits per heavy atom. The maximum absolute atomic E-state index is 2.41. The Hall–Kier alpha value is -2.34. The van der Waals surface area contributed by atoms with Gasteiger partial charge in [-0.3, -0.25) is 0 Å². The van der Waals surface area contributed by atoms with Gasteiger partial charge in [-0.25, -0.2) is 0 Å². The third-order valence-electron chi connectivity index (χ3n) is 11.7. The lowest BCUT2D eigenvalue weighted by Crippen LogP contribution is -2.25. The summed E-state index contributed by atoms with van der Waals surface area (Å²) in [5, 5.41) is 0. The third-order valence-corrected chi connectivity index (χ3v) is 11.7. The molecule has 5 rings (SSSR count). The summed E-state index contributed by atoms with van der Waals surface area (Å²) in [6.45, 7) is 23.9. The summed E-state index contributed by atoms with van der Waals surface area (Å²) in [5.74, 6) is 0. The van der Waals surface area contributed by atoms with Gasteiger partial charge in [0, 0.05) is 0 Å². The van der Waals surface area contributed by atoms with Gasteiger partial charge in [-0.05, 0) is 192 Å². The zero-order valence-corrected chi connectivity index (χ0v) is 30.3. The fourth-order valence-electron chi connectivity index (χ4n) is 9.43. The maximum Gasteiger partial charge on any atom is -0.00142 e. The minimum absolute atomic E-state index is 1.14. The molecule has 0 heteroatoms. The minimum Gasteiger partial charge on any atom is -0.0651 e. The molecule has 0 saturated heterocycles. The second-order valence-corrected chi connectivity index (χ2v) is 14.4. The molecule has 0 amide bonds. The molecule has 0 aliphatic heterocycles. The lowest BCUT2D eigenvalue weighted by atomic mass is 9.68. The van der Waals surface area contributed by atoms with Crippen LogP contribution >= 0.6 is 0 Å². The third kappa shape index (κ3) is 5.52. The van der Waals surface area contributed by atoms with E-state index in [2.05, 4.69) is 69.2 Å². The van der Waals surface area contributed by atoms with Gasteiger partial charge < -0.3 is 0 Å². The highest BCUT2D eigenvalue weighted by Gasteiger charge is 2.33. The first-order valence-electron chi connectivity index (χ1n) is 18.7. The molecule has 238 valence electrons. The molecule has 0 nitrogen and oxygen atoms in total. The van der Waals surface area contributed by atoms with Crippen molar-refractivity contribution in [3.63, 3.8) is 0 Å². The van der Waals surface area contributed by atoms with Crippen LogP contribution in [0.25, 0.3) is 0 Å². The average molecular weight is 591 g/mol. The van der Waals surface area contributed by atoms with Gasteiger partial charge in [-0.1, -0.05) is 80.1 Å². The van der Waals surface area contributed by atoms with Gasteiger partial charge in [0.2, 0.25) is 0 Å². The quantitative estimate of drug-likeness (QED) is 0.136. The van der Waals surface area contributed by atoms with Crippen LogP contribution < -0.4 is 0 Å². The Morgan fingerprint density at radius 2 is 0.500 bits per heavy atom. The molecule has 2 aliphatic carbocycles. The van der Waals surface area contributed by atoms with Gasteiger partial charge in [-0.2, -0.15) is 0 Å². The Kier molecular flexibility index (Phi) is 10.5. The van der Waals surface area contributed by atoms with E-state index in [0.29, 0.717) is 0 Å². The van der Waals surface area contributed by atoms with Crippen LogP contribution in [0.5, 0.6) is 0 Å². The number of rotatable bonds is 12. The van der Waals surface area contributed by atoms with Crippen molar-refractivity contribution in [2.24, 2.45) is 0 Å². The summed E-state index contributed by atoms with van der Waals surface area (Å²) in [6.07, 6.45) is 19.6. The van der Waals surface area contributed by atoms with Gasteiger partial charge in [0.1, 0.15) is 0 Å². The zero-order chi connectivity index (χ0) is 31.7. The first-order chi connectivity index (χ1) is 21.3. The number of fused-ring (bicyclic) bond motifs is 4. The molecule has 0 saturated carbocycles. The summed E-state index contributed by atoms with van der Waals surface area (Å²) in [4.78, 5) is 0. The molecule has 0 N–H and O–H groups in total. The molecule has 3 aromatic carbocycles. The predicted molar refractivity (Wildman–Crippen MR) is 193 cm³/mol. The maximum atomic E-state index is 2.41. The number of hydrogen-bond acceptors (Lipinski definition) is 0. The molecule has 0 fully saturated rings. The molecule has 3 aromatic rings. The lowest BCUT2D eigenvalue weighted by Gasteiger charge is -2.37. The molecule has 0 spiro atoms. The molecule has 0 aromatic heterocycles. The van der Waals surface area contributed by atoms with Crippen LogP contribution in [0.1, 0.15) is 180 Å². The molecule has 0 heterocycles. The first-order valence-corrected chi connectivity index (χ1v) is 18.7. The average Bonchev–Trinajstić information content (AvgIpc) is 3.02. The Morgan fingerprint density at radius 3 is 0.795 bits per heavy atom. The summed E-state index contributed by atoms with van der Waals surface area (Å²) < 4.78 is 0. The highest BCUT2D eigenvalue weighted by atomic mass is 14.4. The van der Waals surface area contributed by atoms with Crippen LogP contribution in [0.4, 0.5) is 0 Å². The van der Waals surface area contributed by atoms with Gasteiger partial charge in [-0.15, -0.1) is 0 Å². The molecular weight excluding hydrogens is 528 g/mol. The van der Waals surface area contributed by atoms with Gasteiger partial charge >= 0.3 is 0 Å². The van der Waals surface area contributed by atoms with Crippen molar-refractivity contribution in [3.05, 3.63) is 100 Å². The van der Waals surface area contributed by atoms with Crippen LogP contribution in [-0.4, -0.2) is 0 Å². The molecular formula is C44H62. The molecule has 0 radical (unpaired) electrons. The highest BCUT2D eigenvalue weighted by Crippen LogP contribution is 2.46. The van der Waals surface area contributed by atoms with E-state index in [1.54, 1.807) is 89.0 Å². The first kappa shape index (κ1) is 33.0. The summed E-state index contributed by atoms with van der Waals surface area (Å²) in [6, 6.07) is 0. The fraction of sp³-hybridized carbons (Fsp3) is 0.591. The monoisotopic (exact) mass is 590 g/mol. The van der Waals surface area contributed by atoms with Crippen molar-refractivity contribution in [1.82, 2.24) is 0 Å². The van der Waals surface area contributed by atoms with Crippen molar-refractivity contribution >= 4 is 0 Å². The van der Waals surface area contributed by atoms with E-state index < -0.39 is 0 Å². The van der Waals surface area contributed by atoms with Crippen molar-refractivity contribution < 1.29 is 0 Å². The van der Waals surface area contributed by atoms with E-state index in [4.69, 9.17) is 0 Å². The Bertz CT molecular complexity index is 1430.